The lowest BCUT2D eigenvalue weighted by atomic mass is 9.98. The molecule has 2 aromatic heterocycles. The van der Waals surface area contributed by atoms with Gasteiger partial charge in [-0.2, -0.15) is 10.4 Å². The van der Waals surface area contributed by atoms with Crippen molar-refractivity contribution in [1.82, 2.24) is 25.1 Å². The number of carbonyl (C=O) groups is 1. The van der Waals surface area contributed by atoms with Gasteiger partial charge in [-0.25, -0.2) is 9.97 Å². The van der Waals surface area contributed by atoms with Crippen molar-refractivity contribution >= 4 is 11.6 Å². The Morgan fingerprint density at radius 1 is 1.06 bits per heavy atom. The van der Waals surface area contributed by atoms with Gasteiger partial charge in [0.25, 0.3) is 0 Å². The Labute approximate surface area is 198 Å². The van der Waals surface area contributed by atoms with Gasteiger partial charge in [0.1, 0.15) is 0 Å². The van der Waals surface area contributed by atoms with Crippen LogP contribution in [0.1, 0.15) is 22.6 Å². The number of aryl methyl sites for hydroxylation is 1. The van der Waals surface area contributed by atoms with Crippen molar-refractivity contribution in [3.8, 4) is 17.5 Å². The van der Waals surface area contributed by atoms with Gasteiger partial charge < -0.3 is 10.6 Å². The molecule has 1 unspecified atom stereocenters. The maximum absolute atomic E-state index is 13.2. The molecule has 0 aliphatic heterocycles. The Morgan fingerprint density at radius 3 is 2.44 bits per heavy atom. The Kier molecular flexibility index (Phi) is 7.38. The van der Waals surface area contributed by atoms with E-state index in [4.69, 9.17) is 5.26 Å². The van der Waals surface area contributed by atoms with Crippen molar-refractivity contribution < 1.29 is 4.79 Å². The fourth-order valence-corrected chi connectivity index (χ4v) is 3.58. The molecule has 1 amide bonds. The highest BCUT2D eigenvalue weighted by molar-refractivity contribution is 5.95. The zero-order chi connectivity index (χ0) is 23.8. The number of hydrogen-bond donors (Lipinski definition) is 2. The highest BCUT2D eigenvalue weighted by Gasteiger charge is 2.20. The van der Waals surface area contributed by atoms with Gasteiger partial charge in [0.2, 0.25) is 5.91 Å². The first-order valence-corrected chi connectivity index (χ1v) is 11.0. The van der Waals surface area contributed by atoms with Crippen molar-refractivity contribution in [3.63, 3.8) is 0 Å². The van der Waals surface area contributed by atoms with Gasteiger partial charge in [-0.15, -0.1) is 0 Å². The van der Waals surface area contributed by atoms with Crippen LogP contribution in [0.15, 0.2) is 79.4 Å². The van der Waals surface area contributed by atoms with Crippen LogP contribution in [-0.4, -0.2) is 38.7 Å². The maximum atomic E-state index is 13.2. The average Bonchev–Trinajstić information content (AvgIpc) is 3.31. The predicted octanol–water partition coefficient (Wildman–Crippen LogP) is 3.30. The van der Waals surface area contributed by atoms with Crippen LogP contribution in [0.5, 0.6) is 0 Å². The first-order valence-electron chi connectivity index (χ1n) is 11.0. The molecule has 0 bridgehead atoms. The summed E-state index contributed by atoms with van der Waals surface area (Å²) in [5.74, 6) is 0.0464. The summed E-state index contributed by atoms with van der Waals surface area (Å²) in [6, 6.07) is 19.4. The molecule has 34 heavy (non-hydrogen) atoms. The Balaban J connectivity index is 1.38. The highest BCUT2D eigenvalue weighted by atomic mass is 16.1. The second-order valence-corrected chi connectivity index (χ2v) is 7.91. The van der Waals surface area contributed by atoms with Gasteiger partial charge in [-0.05, 0) is 36.2 Å². The van der Waals surface area contributed by atoms with E-state index in [1.54, 1.807) is 23.3 Å². The summed E-state index contributed by atoms with van der Waals surface area (Å²) in [5, 5.41) is 19.4. The number of hydrogen-bond acceptors (Lipinski definition) is 6. The normalized spacial score (nSPS) is 11.5. The van der Waals surface area contributed by atoms with E-state index in [9.17, 15) is 4.79 Å². The standard InChI is InChI=1S/C26H25N7O/c1-33-18-22(14-31-33)25-29-15-23(16-30-25)32-26(34)24(21-5-3-2-4-6-21)17-28-12-11-19-7-9-20(13-27)10-8-19/h2-10,14-16,18,24,28H,11-12,17H2,1H3,(H,32,34). The van der Waals surface area contributed by atoms with Crippen molar-refractivity contribution in [1.29, 1.82) is 5.26 Å². The zero-order valence-corrected chi connectivity index (χ0v) is 18.8. The van der Waals surface area contributed by atoms with Crippen molar-refractivity contribution in [3.05, 3.63) is 96.1 Å². The zero-order valence-electron chi connectivity index (χ0n) is 18.8. The number of aromatic nitrogens is 4. The third-order valence-corrected chi connectivity index (χ3v) is 5.42. The van der Waals surface area contributed by atoms with Gasteiger partial charge in [-0.3, -0.25) is 9.48 Å². The fraction of sp³-hybridized carbons (Fsp3) is 0.192. The lowest BCUT2D eigenvalue weighted by Gasteiger charge is -2.18. The molecular formula is C26H25N7O. The van der Waals surface area contributed by atoms with Gasteiger partial charge in [0, 0.05) is 19.8 Å². The lowest BCUT2D eigenvalue weighted by molar-refractivity contribution is -0.117. The number of benzene rings is 2. The van der Waals surface area contributed by atoms with Gasteiger partial charge in [0.15, 0.2) is 5.82 Å². The van der Waals surface area contributed by atoms with Crippen LogP contribution in [-0.2, 0) is 18.3 Å². The van der Waals surface area contributed by atoms with Crippen molar-refractivity contribution in [2.75, 3.05) is 18.4 Å². The molecule has 2 heterocycles. The molecule has 0 aliphatic carbocycles. The van der Waals surface area contributed by atoms with Gasteiger partial charge >= 0.3 is 0 Å². The summed E-state index contributed by atoms with van der Waals surface area (Å²) in [6.07, 6.45) is 7.55. The predicted molar refractivity (Wildman–Crippen MR) is 130 cm³/mol. The summed E-state index contributed by atoms with van der Waals surface area (Å²) < 4.78 is 1.69. The number of nitrogens with one attached hydrogen (secondary N) is 2. The van der Waals surface area contributed by atoms with E-state index in [0.717, 1.165) is 23.1 Å². The number of rotatable bonds is 9. The van der Waals surface area contributed by atoms with Crippen molar-refractivity contribution in [2.24, 2.45) is 7.05 Å². The van der Waals surface area contributed by atoms with E-state index < -0.39 is 0 Å². The van der Waals surface area contributed by atoms with Crippen LogP contribution in [0.2, 0.25) is 0 Å². The van der Waals surface area contributed by atoms with Crippen molar-refractivity contribution in [2.45, 2.75) is 12.3 Å². The first kappa shape index (κ1) is 22.8. The lowest BCUT2D eigenvalue weighted by Crippen LogP contribution is -2.32. The van der Waals surface area contributed by atoms with E-state index in [1.165, 1.54) is 0 Å². The molecule has 8 nitrogen and oxygen atoms in total. The van der Waals surface area contributed by atoms with E-state index >= 15 is 0 Å². The molecule has 0 radical (unpaired) electrons. The van der Waals surface area contributed by atoms with Crippen LogP contribution in [0.25, 0.3) is 11.4 Å². The van der Waals surface area contributed by atoms with Gasteiger partial charge in [-0.1, -0.05) is 42.5 Å². The van der Waals surface area contributed by atoms with E-state index in [2.05, 4.69) is 31.8 Å². The molecule has 0 saturated heterocycles. The second-order valence-electron chi connectivity index (χ2n) is 7.91. The molecule has 2 N–H and O–H groups in total. The fourth-order valence-electron chi connectivity index (χ4n) is 3.58. The quantitative estimate of drug-likeness (QED) is 0.378. The highest BCUT2D eigenvalue weighted by Crippen LogP contribution is 2.19. The first-order chi connectivity index (χ1) is 16.6. The number of carbonyl (C=O) groups excluding carboxylic acids is 1. The smallest absolute Gasteiger partial charge is 0.233 e. The largest absolute Gasteiger partial charge is 0.323 e. The van der Waals surface area contributed by atoms with Gasteiger partial charge in [0.05, 0.1) is 47.4 Å². The molecule has 2 aromatic carbocycles. The minimum Gasteiger partial charge on any atom is -0.323 e. The summed E-state index contributed by atoms with van der Waals surface area (Å²) in [4.78, 5) is 21.9. The van der Waals surface area contributed by atoms with Crippen LogP contribution < -0.4 is 10.6 Å². The monoisotopic (exact) mass is 451 g/mol. The third-order valence-electron chi connectivity index (χ3n) is 5.42. The third kappa shape index (κ3) is 5.91. The molecule has 170 valence electrons. The minimum atomic E-state index is -0.375. The minimum absolute atomic E-state index is 0.130. The Morgan fingerprint density at radius 2 is 1.79 bits per heavy atom. The van der Waals surface area contributed by atoms with E-state index in [0.29, 0.717) is 30.2 Å². The molecule has 0 saturated carbocycles. The van der Waals surface area contributed by atoms with E-state index in [1.807, 2.05) is 67.8 Å². The molecule has 8 heteroatoms. The summed E-state index contributed by atoms with van der Waals surface area (Å²) in [5.41, 5.74) is 4.07. The Hall–Kier alpha value is -4.35. The SMILES string of the molecule is Cn1cc(-c2ncc(NC(=O)C(CNCCc3ccc(C#N)cc3)c3ccccc3)cn2)cn1. The number of amides is 1. The van der Waals surface area contributed by atoms with Crippen LogP contribution in [0.4, 0.5) is 5.69 Å². The maximum Gasteiger partial charge on any atom is 0.233 e. The second kappa shape index (κ2) is 11.0. The molecule has 0 fully saturated rings. The molecule has 0 spiro atoms. The average molecular weight is 452 g/mol. The summed E-state index contributed by atoms with van der Waals surface area (Å²) in [7, 11) is 1.83. The number of nitrogens with zero attached hydrogens (tertiary/aromatic N) is 5. The topological polar surface area (TPSA) is 109 Å². The number of nitriles is 1. The van der Waals surface area contributed by atoms with Crippen LogP contribution in [0.3, 0.4) is 0 Å². The van der Waals surface area contributed by atoms with E-state index in [-0.39, 0.29) is 11.8 Å². The molecule has 1 atom stereocenters. The Bertz CT molecular complexity index is 1260. The number of anilines is 1. The molecular weight excluding hydrogens is 426 g/mol. The summed E-state index contributed by atoms with van der Waals surface area (Å²) in [6.45, 7) is 1.20. The molecule has 0 aliphatic rings. The summed E-state index contributed by atoms with van der Waals surface area (Å²) >= 11 is 0. The molecule has 4 aromatic rings. The van der Waals surface area contributed by atoms with Crippen LogP contribution in [0, 0.1) is 11.3 Å². The van der Waals surface area contributed by atoms with Crippen LogP contribution >= 0.6 is 0 Å². The molecule has 4 rings (SSSR count).